The molecule has 1 aliphatic heterocycles. The molecule has 0 aromatic heterocycles. The fraction of sp³-hybridized carbons (Fsp3) is 0.538. The molecule has 0 amide bonds. The summed E-state index contributed by atoms with van der Waals surface area (Å²) in [5, 5.41) is 0. The third-order valence-electron chi connectivity index (χ3n) is 3.38. The minimum absolute atomic E-state index is 0.753. The summed E-state index contributed by atoms with van der Waals surface area (Å²) in [4.78, 5) is 2.58. The number of likely N-dealkylation sites (tertiary alicyclic amines) is 1. The Morgan fingerprint density at radius 3 is 2.93 bits per heavy atom. The van der Waals surface area contributed by atoms with Gasteiger partial charge in [-0.05, 0) is 56.5 Å². The maximum atomic E-state index is 3.54. The summed E-state index contributed by atoms with van der Waals surface area (Å²) in [7, 11) is 0. The Bertz CT molecular complexity index is 348. The van der Waals surface area contributed by atoms with Crippen molar-refractivity contribution >= 4 is 15.9 Å². The van der Waals surface area contributed by atoms with E-state index < -0.39 is 0 Å². The number of nitrogens with zero attached hydrogens (tertiary/aromatic N) is 1. The zero-order valence-electron chi connectivity index (χ0n) is 9.46. The molecule has 1 nitrogen and oxygen atoms in total. The second-order valence-corrected chi connectivity index (χ2v) is 5.45. The van der Waals surface area contributed by atoms with Crippen LogP contribution >= 0.6 is 15.9 Å². The molecule has 82 valence electrons. The minimum atomic E-state index is 0.753. The molecule has 2 rings (SSSR count). The van der Waals surface area contributed by atoms with Gasteiger partial charge in [-0.25, -0.2) is 0 Å². The van der Waals surface area contributed by atoms with Crippen molar-refractivity contribution in [2.45, 2.75) is 39.3 Å². The normalized spacial score (nSPS) is 22.2. The van der Waals surface area contributed by atoms with Crippen LogP contribution in [-0.4, -0.2) is 17.5 Å². The Balaban J connectivity index is 2.12. The van der Waals surface area contributed by atoms with Gasteiger partial charge in [0.2, 0.25) is 0 Å². The molecule has 0 saturated carbocycles. The zero-order chi connectivity index (χ0) is 10.8. The third kappa shape index (κ3) is 2.61. The maximum Gasteiger partial charge on any atom is 0.0239 e. The maximum absolute atomic E-state index is 3.54. The van der Waals surface area contributed by atoms with Crippen LogP contribution in [0.25, 0.3) is 0 Å². The first-order valence-corrected chi connectivity index (χ1v) is 6.45. The number of hydrogen-bond acceptors (Lipinski definition) is 1. The van der Waals surface area contributed by atoms with Crippen LogP contribution in [0.1, 0.15) is 30.9 Å². The fourth-order valence-corrected chi connectivity index (χ4v) is 2.67. The third-order valence-corrected chi connectivity index (χ3v) is 3.87. The summed E-state index contributed by atoms with van der Waals surface area (Å²) >= 11 is 3.54. The lowest BCUT2D eigenvalue weighted by Crippen LogP contribution is -2.26. The van der Waals surface area contributed by atoms with Crippen LogP contribution in [0.2, 0.25) is 0 Å². The van der Waals surface area contributed by atoms with Crippen molar-refractivity contribution in [2.24, 2.45) is 0 Å². The van der Waals surface area contributed by atoms with Gasteiger partial charge in [-0.1, -0.05) is 22.0 Å². The Kier molecular flexibility index (Phi) is 3.47. The average molecular weight is 268 g/mol. The van der Waals surface area contributed by atoms with Crippen LogP contribution in [0.3, 0.4) is 0 Å². The fourth-order valence-electron chi connectivity index (χ4n) is 2.26. The van der Waals surface area contributed by atoms with E-state index in [-0.39, 0.29) is 0 Å². The van der Waals surface area contributed by atoms with Crippen molar-refractivity contribution in [1.82, 2.24) is 4.90 Å². The van der Waals surface area contributed by atoms with Gasteiger partial charge in [0.1, 0.15) is 0 Å². The summed E-state index contributed by atoms with van der Waals surface area (Å²) in [5.74, 6) is 0. The van der Waals surface area contributed by atoms with E-state index in [0.29, 0.717) is 0 Å². The molecule has 1 atom stereocenters. The summed E-state index contributed by atoms with van der Waals surface area (Å²) in [6.07, 6.45) is 2.71. The molecule has 0 aliphatic carbocycles. The lowest BCUT2D eigenvalue weighted by Gasteiger charge is -2.22. The first-order chi connectivity index (χ1) is 7.16. The second-order valence-electron chi connectivity index (χ2n) is 4.53. The van der Waals surface area contributed by atoms with Crippen molar-refractivity contribution in [3.05, 3.63) is 33.8 Å². The Morgan fingerprint density at radius 1 is 1.47 bits per heavy atom. The van der Waals surface area contributed by atoms with Crippen LogP contribution < -0.4 is 0 Å². The van der Waals surface area contributed by atoms with Gasteiger partial charge in [0, 0.05) is 17.1 Å². The average Bonchev–Trinajstić information content (AvgIpc) is 2.58. The van der Waals surface area contributed by atoms with E-state index in [0.717, 1.165) is 12.6 Å². The van der Waals surface area contributed by atoms with Crippen molar-refractivity contribution in [3.63, 3.8) is 0 Å². The van der Waals surface area contributed by atoms with Crippen molar-refractivity contribution in [1.29, 1.82) is 0 Å². The van der Waals surface area contributed by atoms with Crippen molar-refractivity contribution in [2.75, 3.05) is 6.54 Å². The number of halogens is 1. The Morgan fingerprint density at radius 2 is 2.27 bits per heavy atom. The Labute approximate surface area is 101 Å². The van der Waals surface area contributed by atoms with Crippen LogP contribution in [-0.2, 0) is 6.54 Å². The highest BCUT2D eigenvalue weighted by Gasteiger charge is 2.20. The molecule has 1 aromatic carbocycles. The summed E-state index contributed by atoms with van der Waals surface area (Å²) in [5.41, 5.74) is 2.86. The van der Waals surface area contributed by atoms with Crippen LogP contribution in [0, 0.1) is 6.92 Å². The van der Waals surface area contributed by atoms with E-state index in [1.54, 1.807) is 0 Å². The summed E-state index contributed by atoms with van der Waals surface area (Å²) in [6, 6.07) is 7.32. The van der Waals surface area contributed by atoms with Crippen LogP contribution in [0.5, 0.6) is 0 Å². The quantitative estimate of drug-likeness (QED) is 0.789. The molecule has 1 heterocycles. The SMILES string of the molecule is Cc1ccc(Br)cc1CN1CCCC1C. The van der Waals surface area contributed by atoms with Gasteiger partial charge in [-0.2, -0.15) is 0 Å². The monoisotopic (exact) mass is 267 g/mol. The molecular formula is C13H18BrN. The van der Waals surface area contributed by atoms with E-state index in [4.69, 9.17) is 0 Å². The topological polar surface area (TPSA) is 3.24 Å². The van der Waals surface area contributed by atoms with Crippen LogP contribution in [0.15, 0.2) is 22.7 Å². The second kappa shape index (κ2) is 4.67. The lowest BCUT2D eigenvalue weighted by atomic mass is 10.1. The van der Waals surface area contributed by atoms with E-state index in [2.05, 4.69) is 52.9 Å². The Hall–Kier alpha value is -0.340. The van der Waals surface area contributed by atoms with E-state index >= 15 is 0 Å². The highest BCUT2D eigenvalue weighted by molar-refractivity contribution is 9.10. The predicted octanol–water partition coefficient (Wildman–Crippen LogP) is 3.74. The molecule has 0 spiro atoms. The highest BCUT2D eigenvalue weighted by atomic mass is 79.9. The zero-order valence-corrected chi connectivity index (χ0v) is 11.0. The largest absolute Gasteiger partial charge is 0.296 e. The predicted molar refractivity (Wildman–Crippen MR) is 68.0 cm³/mol. The number of aryl methyl sites for hydroxylation is 1. The molecule has 0 bridgehead atoms. The summed E-state index contributed by atoms with van der Waals surface area (Å²) in [6.45, 7) is 6.89. The smallest absolute Gasteiger partial charge is 0.0239 e. The van der Waals surface area contributed by atoms with Gasteiger partial charge in [0.25, 0.3) is 0 Å². The van der Waals surface area contributed by atoms with Crippen molar-refractivity contribution in [3.8, 4) is 0 Å². The molecule has 1 aliphatic rings. The van der Waals surface area contributed by atoms with Crippen molar-refractivity contribution < 1.29 is 0 Å². The van der Waals surface area contributed by atoms with Gasteiger partial charge in [-0.15, -0.1) is 0 Å². The van der Waals surface area contributed by atoms with E-state index in [1.807, 2.05) is 0 Å². The van der Waals surface area contributed by atoms with E-state index in [1.165, 1.54) is 35.0 Å². The number of benzene rings is 1. The molecule has 1 unspecified atom stereocenters. The van der Waals surface area contributed by atoms with E-state index in [9.17, 15) is 0 Å². The number of rotatable bonds is 2. The lowest BCUT2D eigenvalue weighted by molar-refractivity contribution is 0.260. The summed E-state index contributed by atoms with van der Waals surface area (Å²) < 4.78 is 1.19. The molecule has 15 heavy (non-hydrogen) atoms. The molecule has 2 heteroatoms. The van der Waals surface area contributed by atoms with Gasteiger partial charge < -0.3 is 0 Å². The minimum Gasteiger partial charge on any atom is -0.296 e. The first-order valence-electron chi connectivity index (χ1n) is 5.66. The van der Waals surface area contributed by atoms with Gasteiger partial charge in [-0.3, -0.25) is 4.90 Å². The highest BCUT2D eigenvalue weighted by Crippen LogP contribution is 2.22. The molecular weight excluding hydrogens is 250 g/mol. The molecule has 1 saturated heterocycles. The molecule has 1 fully saturated rings. The standard InChI is InChI=1S/C13H18BrN/c1-10-5-6-13(14)8-12(10)9-15-7-3-4-11(15)2/h5-6,8,11H,3-4,7,9H2,1-2H3. The van der Waals surface area contributed by atoms with Crippen LogP contribution in [0.4, 0.5) is 0 Å². The number of hydrogen-bond donors (Lipinski definition) is 0. The molecule has 0 N–H and O–H groups in total. The van der Waals surface area contributed by atoms with Gasteiger partial charge in [0.05, 0.1) is 0 Å². The molecule has 0 radical (unpaired) electrons. The first kappa shape index (κ1) is 11.2. The van der Waals surface area contributed by atoms with Gasteiger partial charge in [0.15, 0.2) is 0 Å². The van der Waals surface area contributed by atoms with Gasteiger partial charge >= 0.3 is 0 Å². The molecule has 1 aromatic rings.